The van der Waals surface area contributed by atoms with Crippen LogP contribution in [0.2, 0.25) is 0 Å². The van der Waals surface area contributed by atoms with E-state index in [4.69, 9.17) is 4.99 Å². The molecule has 0 atom stereocenters. The van der Waals surface area contributed by atoms with Crippen LogP contribution in [-0.4, -0.2) is 42.1 Å². The zero-order valence-corrected chi connectivity index (χ0v) is 19.0. The van der Waals surface area contributed by atoms with Gasteiger partial charge in [0.05, 0.1) is 40.5 Å². The van der Waals surface area contributed by atoms with Gasteiger partial charge in [-0.2, -0.15) is 0 Å². The quantitative estimate of drug-likeness (QED) is 0.365. The van der Waals surface area contributed by atoms with E-state index in [0.29, 0.717) is 12.7 Å². The zero-order chi connectivity index (χ0) is 21.5. The maximum Gasteiger partial charge on any atom is 0.122 e. The van der Waals surface area contributed by atoms with Gasteiger partial charge in [-0.1, -0.05) is 18.2 Å². The normalized spacial score (nSPS) is 16.9. The Morgan fingerprint density at radius 2 is 1.94 bits per heavy atom. The molecular formula is C23H31N7S. The molecule has 0 unspecified atom stereocenters. The van der Waals surface area contributed by atoms with Crippen LogP contribution in [-0.2, 0) is 6.54 Å². The van der Waals surface area contributed by atoms with Gasteiger partial charge in [0.25, 0.3) is 0 Å². The highest BCUT2D eigenvalue weighted by molar-refractivity contribution is 8.14. The number of nitrogens with one attached hydrogen (secondary N) is 5. The van der Waals surface area contributed by atoms with Crippen molar-refractivity contribution >= 4 is 28.2 Å². The third-order valence-electron chi connectivity index (χ3n) is 5.44. The van der Waals surface area contributed by atoms with Gasteiger partial charge in [-0.25, -0.2) is 4.99 Å². The van der Waals surface area contributed by atoms with Crippen LogP contribution in [0.25, 0.3) is 0 Å². The van der Waals surface area contributed by atoms with E-state index in [0.717, 1.165) is 48.9 Å². The summed E-state index contributed by atoms with van der Waals surface area (Å²) in [5, 5.41) is 18.5. The first kappa shape index (κ1) is 21.5. The fourth-order valence-corrected chi connectivity index (χ4v) is 4.62. The Hall–Kier alpha value is -2.71. The molecule has 2 aromatic rings. The van der Waals surface area contributed by atoms with E-state index in [1.165, 1.54) is 22.0 Å². The minimum absolute atomic E-state index is 0.296. The number of hydrogen-bond donors (Lipinski definition) is 5. The van der Waals surface area contributed by atoms with Gasteiger partial charge in [0.2, 0.25) is 0 Å². The zero-order valence-electron chi connectivity index (χ0n) is 18.2. The largest absolute Gasteiger partial charge is 0.373 e. The molecule has 0 bridgehead atoms. The summed E-state index contributed by atoms with van der Waals surface area (Å²) in [6.07, 6.45) is 4.11. The Bertz CT molecular complexity index is 931. The van der Waals surface area contributed by atoms with Gasteiger partial charge in [0.15, 0.2) is 0 Å². The molecule has 3 heterocycles. The Kier molecular flexibility index (Phi) is 7.32. The summed E-state index contributed by atoms with van der Waals surface area (Å²) in [6, 6.07) is 12.4. The lowest BCUT2D eigenvalue weighted by Gasteiger charge is -2.13. The third kappa shape index (κ3) is 5.71. The van der Waals surface area contributed by atoms with Crippen molar-refractivity contribution in [2.75, 3.05) is 36.5 Å². The number of para-hydroxylation sites is 2. The molecule has 0 fully saturated rings. The first-order valence-electron chi connectivity index (χ1n) is 10.8. The highest BCUT2D eigenvalue weighted by Crippen LogP contribution is 2.28. The van der Waals surface area contributed by atoms with Gasteiger partial charge < -0.3 is 26.6 Å². The van der Waals surface area contributed by atoms with Gasteiger partial charge in [-0.15, -0.1) is 11.8 Å². The average Bonchev–Trinajstić information content (AvgIpc) is 3.42. The maximum absolute atomic E-state index is 4.85. The smallest absolute Gasteiger partial charge is 0.122 e. The van der Waals surface area contributed by atoms with Crippen molar-refractivity contribution in [3.05, 3.63) is 65.4 Å². The highest BCUT2D eigenvalue weighted by Gasteiger charge is 2.18. The second-order valence-electron chi connectivity index (χ2n) is 7.66. The number of hydrogen-bond acceptors (Lipinski definition) is 8. The fourth-order valence-electron chi connectivity index (χ4n) is 3.69. The molecule has 0 radical (unpaired) electrons. The summed E-state index contributed by atoms with van der Waals surface area (Å²) >= 11 is 1.83. The number of fused-ring (bicyclic) bond motifs is 1. The molecule has 4 rings (SSSR count). The van der Waals surface area contributed by atoms with E-state index < -0.39 is 0 Å². The number of aliphatic imine (C=N–C) groups is 1. The Balaban J connectivity index is 1.19. The van der Waals surface area contributed by atoms with Crippen LogP contribution in [0.1, 0.15) is 24.1 Å². The van der Waals surface area contributed by atoms with Gasteiger partial charge in [0.1, 0.15) is 5.82 Å². The predicted molar refractivity (Wildman–Crippen MR) is 131 cm³/mol. The van der Waals surface area contributed by atoms with Gasteiger partial charge in [-0.05, 0) is 43.7 Å². The minimum Gasteiger partial charge on any atom is -0.373 e. The summed E-state index contributed by atoms with van der Waals surface area (Å²) in [5.74, 6) is 1.88. The number of nitrogens with zero attached hydrogens (tertiary/aromatic N) is 2. The number of rotatable bonds is 10. The van der Waals surface area contributed by atoms with E-state index in [1.54, 1.807) is 0 Å². The minimum atomic E-state index is 0.296. The molecule has 0 spiro atoms. The standard InChI is InChI=1S/C23H31N7S/c1-16-6-5-11-26-19(16)14-27-23(24-2)20-15-31-22(30-20)10-13-25-12-9-21-28-17-7-3-4-8-18(17)29-21/h3-8,11,21,24-25,27-29H,9-10,12-15H2,1-2H3/b23-20-. The lowest BCUT2D eigenvalue weighted by atomic mass is 10.2. The molecule has 7 nitrogen and oxygen atoms in total. The van der Waals surface area contributed by atoms with Crippen LogP contribution in [0.5, 0.6) is 0 Å². The van der Waals surface area contributed by atoms with Crippen LogP contribution in [0.15, 0.2) is 59.1 Å². The summed E-state index contributed by atoms with van der Waals surface area (Å²) in [4.78, 5) is 9.30. The van der Waals surface area contributed by atoms with Crippen LogP contribution < -0.4 is 26.6 Å². The van der Waals surface area contributed by atoms with Crippen molar-refractivity contribution in [2.45, 2.75) is 32.5 Å². The van der Waals surface area contributed by atoms with E-state index in [-0.39, 0.29) is 0 Å². The summed E-state index contributed by atoms with van der Waals surface area (Å²) in [5.41, 5.74) is 5.71. The molecule has 2 aliphatic heterocycles. The van der Waals surface area contributed by atoms with Gasteiger partial charge >= 0.3 is 0 Å². The number of benzene rings is 1. The molecule has 0 saturated carbocycles. The molecule has 0 amide bonds. The molecule has 1 aromatic carbocycles. The predicted octanol–water partition coefficient (Wildman–Crippen LogP) is 3.25. The second kappa shape index (κ2) is 10.5. The number of aromatic nitrogens is 1. The first-order valence-corrected chi connectivity index (χ1v) is 11.8. The van der Waals surface area contributed by atoms with Crippen molar-refractivity contribution in [2.24, 2.45) is 4.99 Å². The van der Waals surface area contributed by atoms with Gasteiger partial charge in [0, 0.05) is 32.0 Å². The lowest BCUT2D eigenvalue weighted by Crippen LogP contribution is -2.28. The van der Waals surface area contributed by atoms with Crippen molar-refractivity contribution in [1.82, 2.24) is 20.9 Å². The number of anilines is 2. The molecule has 1 aromatic heterocycles. The van der Waals surface area contributed by atoms with Crippen molar-refractivity contribution in [3.63, 3.8) is 0 Å². The first-order chi connectivity index (χ1) is 15.2. The van der Waals surface area contributed by atoms with Crippen LogP contribution in [0, 0.1) is 6.92 Å². The third-order valence-corrected chi connectivity index (χ3v) is 6.48. The van der Waals surface area contributed by atoms with E-state index in [2.05, 4.69) is 68.8 Å². The molecule has 0 saturated heterocycles. The van der Waals surface area contributed by atoms with E-state index >= 15 is 0 Å². The molecule has 164 valence electrons. The number of aryl methyl sites for hydroxylation is 1. The monoisotopic (exact) mass is 437 g/mol. The Morgan fingerprint density at radius 1 is 1.13 bits per heavy atom. The van der Waals surface area contributed by atoms with Crippen LogP contribution in [0.4, 0.5) is 11.4 Å². The van der Waals surface area contributed by atoms with Crippen LogP contribution >= 0.6 is 11.8 Å². The molecule has 5 N–H and O–H groups in total. The SMILES string of the molecule is CN/C(NCc1ncccc1C)=C1\CSC(CCNCCC2Nc3ccccc3N2)=N1. The highest BCUT2D eigenvalue weighted by atomic mass is 32.2. The second-order valence-corrected chi connectivity index (χ2v) is 8.71. The maximum atomic E-state index is 4.85. The summed E-state index contributed by atoms with van der Waals surface area (Å²) in [6.45, 7) is 4.68. The van der Waals surface area contributed by atoms with Crippen LogP contribution in [0.3, 0.4) is 0 Å². The molecule has 2 aliphatic rings. The molecule has 8 heteroatoms. The van der Waals surface area contributed by atoms with Gasteiger partial charge in [-0.3, -0.25) is 4.98 Å². The fraction of sp³-hybridized carbons (Fsp3) is 0.391. The number of thioether (sulfide) groups is 1. The molecule has 0 aliphatic carbocycles. The molecule has 31 heavy (non-hydrogen) atoms. The van der Waals surface area contributed by atoms with Crippen molar-refractivity contribution < 1.29 is 0 Å². The summed E-state index contributed by atoms with van der Waals surface area (Å²) in [7, 11) is 1.93. The topological polar surface area (TPSA) is 85.4 Å². The number of pyridine rings is 1. The van der Waals surface area contributed by atoms with Crippen molar-refractivity contribution in [3.8, 4) is 0 Å². The lowest BCUT2D eigenvalue weighted by molar-refractivity contribution is 0.630. The van der Waals surface area contributed by atoms with E-state index in [1.807, 2.05) is 31.1 Å². The average molecular weight is 438 g/mol. The van der Waals surface area contributed by atoms with E-state index in [9.17, 15) is 0 Å². The molecular weight excluding hydrogens is 406 g/mol. The van der Waals surface area contributed by atoms with Crippen molar-refractivity contribution in [1.29, 1.82) is 0 Å². The summed E-state index contributed by atoms with van der Waals surface area (Å²) < 4.78 is 0. The Labute approximate surface area is 188 Å². The Morgan fingerprint density at radius 3 is 2.68 bits per heavy atom.